The number of piperidine rings is 1. The maximum absolute atomic E-state index is 12.8. The SMILES string of the molecule is O=C(NCCCN1CCN(c2ccccc2)CC1)C1CCCN(C(=O)c2ccc(Cl)cc2)C1. The van der Waals surface area contributed by atoms with Crippen LogP contribution in [-0.4, -0.2) is 74.0 Å². The molecule has 0 radical (unpaired) electrons. The van der Waals surface area contributed by atoms with Gasteiger partial charge in [-0.05, 0) is 62.2 Å². The first-order valence-corrected chi connectivity index (χ1v) is 12.3. The van der Waals surface area contributed by atoms with E-state index < -0.39 is 0 Å². The Morgan fingerprint density at radius 1 is 0.939 bits per heavy atom. The fraction of sp³-hybridized carbons (Fsp3) is 0.462. The number of carbonyl (C=O) groups excluding carboxylic acids is 2. The highest BCUT2D eigenvalue weighted by atomic mass is 35.5. The molecule has 4 rings (SSSR count). The zero-order chi connectivity index (χ0) is 23.0. The lowest BCUT2D eigenvalue weighted by atomic mass is 9.96. The van der Waals surface area contributed by atoms with Gasteiger partial charge in [0.05, 0.1) is 5.92 Å². The Balaban J connectivity index is 1.15. The molecule has 1 N–H and O–H groups in total. The first kappa shape index (κ1) is 23.6. The normalized spacial score (nSPS) is 19.4. The number of piperazine rings is 1. The van der Waals surface area contributed by atoms with Crippen LogP contribution in [-0.2, 0) is 4.79 Å². The summed E-state index contributed by atoms with van der Waals surface area (Å²) in [4.78, 5) is 32.2. The lowest BCUT2D eigenvalue weighted by Crippen LogP contribution is -2.47. The van der Waals surface area contributed by atoms with Gasteiger partial charge in [-0.1, -0.05) is 29.8 Å². The number of carbonyl (C=O) groups is 2. The monoisotopic (exact) mass is 468 g/mol. The second-order valence-corrected chi connectivity index (χ2v) is 9.34. The third kappa shape index (κ3) is 6.49. The zero-order valence-electron chi connectivity index (χ0n) is 19.1. The van der Waals surface area contributed by atoms with Gasteiger partial charge in [0.2, 0.25) is 5.91 Å². The van der Waals surface area contributed by atoms with Crippen molar-refractivity contribution in [3.05, 3.63) is 65.2 Å². The van der Waals surface area contributed by atoms with E-state index in [2.05, 4.69) is 45.4 Å². The fourth-order valence-corrected chi connectivity index (χ4v) is 4.80. The number of anilines is 1. The van der Waals surface area contributed by atoms with E-state index in [9.17, 15) is 9.59 Å². The van der Waals surface area contributed by atoms with Crippen molar-refractivity contribution >= 4 is 29.1 Å². The predicted molar refractivity (Wildman–Crippen MR) is 133 cm³/mol. The molecule has 2 aliphatic rings. The minimum Gasteiger partial charge on any atom is -0.369 e. The largest absolute Gasteiger partial charge is 0.369 e. The van der Waals surface area contributed by atoms with Crippen LogP contribution >= 0.6 is 11.6 Å². The maximum atomic E-state index is 12.8. The number of likely N-dealkylation sites (tertiary alicyclic amines) is 1. The molecule has 2 aliphatic heterocycles. The minimum atomic E-state index is -0.135. The van der Waals surface area contributed by atoms with Gasteiger partial charge in [0.25, 0.3) is 5.91 Å². The summed E-state index contributed by atoms with van der Waals surface area (Å²) in [6.07, 6.45) is 2.62. The van der Waals surface area contributed by atoms with Crippen molar-refractivity contribution in [2.75, 3.05) is 57.3 Å². The Hall–Kier alpha value is -2.57. The van der Waals surface area contributed by atoms with Crippen molar-refractivity contribution in [1.82, 2.24) is 15.1 Å². The average Bonchev–Trinajstić information content (AvgIpc) is 2.87. The third-order valence-corrected chi connectivity index (χ3v) is 6.87. The standard InChI is InChI=1S/C26H33ClN4O2/c27-23-11-9-21(10-12-23)26(33)31-15-4-6-22(20-31)25(32)28-13-5-14-29-16-18-30(19-17-29)24-7-2-1-3-8-24/h1-3,7-12,22H,4-6,13-20H2,(H,28,32). The van der Waals surface area contributed by atoms with Crippen LogP contribution in [0.1, 0.15) is 29.6 Å². The molecule has 0 saturated carbocycles. The van der Waals surface area contributed by atoms with Gasteiger partial charge >= 0.3 is 0 Å². The summed E-state index contributed by atoms with van der Waals surface area (Å²) < 4.78 is 0. The van der Waals surface area contributed by atoms with Crippen LogP contribution in [0.3, 0.4) is 0 Å². The van der Waals surface area contributed by atoms with E-state index in [1.54, 1.807) is 29.2 Å². The van der Waals surface area contributed by atoms with Crippen molar-refractivity contribution in [2.45, 2.75) is 19.3 Å². The van der Waals surface area contributed by atoms with Crippen LogP contribution in [0.25, 0.3) is 0 Å². The van der Waals surface area contributed by atoms with Gasteiger partial charge in [0, 0.05) is 62.1 Å². The molecule has 7 heteroatoms. The van der Waals surface area contributed by atoms with E-state index in [0.717, 1.165) is 52.0 Å². The number of benzene rings is 2. The lowest BCUT2D eigenvalue weighted by Gasteiger charge is -2.36. The molecule has 1 unspecified atom stereocenters. The molecule has 2 fully saturated rings. The van der Waals surface area contributed by atoms with Crippen molar-refractivity contribution in [3.63, 3.8) is 0 Å². The Kier molecular flexibility index (Phi) is 8.24. The van der Waals surface area contributed by atoms with Gasteiger partial charge in [-0.3, -0.25) is 14.5 Å². The van der Waals surface area contributed by atoms with E-state index in [-0.39, 0.29) is 17.7 Å². The summed E-state index contributed by atoms with van der Waals surface area (Å²) in [6, 6.07) is 17.5. The van der Waals surface area contributed by atoms with Crippen LogP contribution in [0.4, 0.5) is 5.69 Å². The van der Waals surface area contributed by atoms with Gasteiger partial charge in [-0.25, -0.2) is 0 Å². The maximum Gasteiger partial charge on any atom is 0.253 e. The number of rotatable bonds is 7. The molecule has 6 nitrogen and oxygen atoms in total. The average molecular weight is 469 g/mol. The molecule has 0 bridgehead atoms. The number of nitrogens with zero attached hydrogens (tertiary/aromatic N) is 3. The minimum absolute atomic E-state index is 0.0289. The lowest BCUT2D eigenvalue weighted by molar-refractivity contribution is -0.126. The van der Waals surface area contributed by atoms with Crippen molar-refractivity contribution < 1.29 is 9.59 Å². The van der Waals surface area contributed by atoms with Crippen LogP contribution in [0.2, 0.25) is 5.02 Å². The van der Waals surface area contributed by atoms with Crippen LogP contribution < -0.4 is 10.2 Å². The Morgan fingerprint density at radius 2 is 1.67 bits per heavy atom. The van der Waals surface area contributed by atoms with Crippen molar-refractivity contribution in [3.8, 4) is 0 Å². The van der Waals surface area contributed by atoms with Crippen molar-refractivity contribution in [2.24, 2.45) is 5.92 Å². The van der Waals surface area contributed by atoms with E-state index in [0.29, 0.717) is 30.2 Å². The molecule has 2 heterocycles. The topological polar surface area (TPSA) is 55.9 Å². The molecule has 0 spiro atoms. The number of hydrogen-bond acceptors (Lipinski definition) is 4. The highest BCUT2D eigenvalue weighted by Crippen LogP contribution is 2.20. The summed E-state index contributed by atoms with van der Waals surface area (Å²) in [5.74, 6) is -0.0965. The van der Waals surface area contributed by atoms with Crippen molar-refractivity contribution in [1.29, 1.82) is 0 Å². The molecule has 1 atom stereocenters. The van der Waals surface area contributed by atoms with E-state index >= 15 is 0 Å². The smallest absolute Gasteiger partial charge is 0.253 e. The molecule has 2 amide bonds. The van der Waals surface area contributed by atoms with Gasteiger partial charge in [0.15, 0.2) is 0 Å². The van der Waals surface area contributed by atoms with E-state index in [1.165, 1.54) is 5.69 Å². The van der Waals surface area contributed by atoms with Crippen LogP contribution in [0.5, 0.6) is 0 Å². The van der Waals surface area contributed by atoms with Gasteiger partial charge < -0.3 is 15.1 Å². The van der Waals surface area contributed by atoms with Gasteiger partial charge in [-0.15, -0.1) is 0 Å². The van der Waals surface area contributed by atoms with E-state index in [1.807, 2.05) is 0 Å². The first-order valence-electron chi connectivity index (χ1n) is 11.9. The van der Waals surface area contributed by atoms with E-state index in [4.69, 9.17) is 11.6 Å². The number of nitrogens with one attached hydrogen (secondary N) is 1. The summed E-state index contributed by atoms with van der Waals surface area (Å²) in [5, 5.41) is 3.71. The summed E-state index contributed by atoms with van der Waals surface area (Å²) in [7, 11) is 0. The number of hydrogen-bond donors (Lipinski definition) is 1. The molecule has 0 aliphatic carbocycles. The van der Waals surface area contributed by atoms with Gasteiger partial charge in [-0.2, -0.15) is 0 Å². The Morgan fingerprint density at radius 3 is 2.39 bits per heavy atom. The third-order valence-electron chi connectivity index (χ3n) is 6.61. The quantitative estimate of drug-likeness (QED) is 0.632. The highest BCUT2D eigenvalue weighted by Gasteiger charge is 2.28. The summed E-state index contributed by atoms with van der Waals surface area (Å²) >= 11 is 5.93. The molecule has 0 aromatic heterocycles. The fourth-order valence-electron chi connectivity index (χ4n) is 4.68. The molecule has 2 aromatic rings. The molecule has 33 heavy (non-hydrogen) atoms. The molecular formula is C26H33ClN4O2. The zero-order valence-corrected chi connectivity index (χ0v) is 19.8. The van der Waals surface area contributed by atoms with Crippen LogP contribution in [0.15, 0.2) is 54.6 Å². The first-order chi connectivity index (χ1) is 16.1. The molecular weight excluding hydrogens is 436 g/mol. The Bertz CT molecular complexity index is 914. The Labute approximate surface area is 201 Å². The summed E-state index contributed by atoms with van der Waals surface area (Å²) in [5.41, 5.74) is 1.91. The second kappa shape index (κ2) is 11.5. The van der Waals surface area contributed by atoms with Gasteiger partial charge in [0.1, 0.15) is 0 Å². The number of para-hydroxylation sites is 1. The molecule has 176 valence electrons. The second-order valence-electron chi connectivity index (χ2n) is 8.91. The van der Waals surface area contributed by atoms with Crippen LogP contribution in [0, 0.1) is 5.92 Å². The highest BCUT2D eigenvalue weighted by molar-refractivity contribution is 6.30. The molecule has 2 saturated heterocycles. The summed E-state index contributed by atoms with van der Waals surface area (Å²) in [6.45, 7) is 7.02. The molecule has 2 aromatic carbocycles. The predicted octanol–water partition coefficient (Wildman–Crippen LogP) is 3.52. The number of amides is 2. The number of halogens is 1.